The molecule has 1 N–H and O–H groups in total. The zero-order valence-corrected chi connectivity index (χ0v) is 16.0. The lowest BCUT2D eigenvalue weighted by Gasteiger charge is -2.36. The minimum atomic E-state index is -5.06. The summed E-state index contributed by atoms with van der Waals surface area (Å²) in [5, 5.41) is 13.7. The van der Waals surface area contributed by atoms with E-state index in [0.717, 1.165) is 6.21 Å². The van der Waals surface area contributed by atoms with Crippen LogP contribution < -0.4 is 0 Å². The SMILES string of the molecule is O=C(C1CCN(S(=O)(=O)c2ccc(Cl)cc2)CC1)N1N=CC[C@]1(O)C(F)(F)F. The molecule has 7 nitrogen and oxygen atoms in total. The number of sulfonamides is 1. The molecule has 0 bridgehead atoms. The second kappa shape index (κ2) is 7.29. The molecule has 154 valence electrons. The fourth-order valence-electron chi connectivity index (χ4n) is 3.18. The van der Waals surface area contributed by atoms with E-state index in [0.29, 0.717) is 5.02 Å². The summed E-state index contributed by atoms with van der Waals surface area (Å²) in [4.78, 5) is 12.5. The second-order valence-electron chi connectivity index (χ2n) is 6.60. The highest BCUT2D eigenvalue weighted by molar-refractivity contribution is 7.89. The van der Waals surface area contributed by atoms with Crippen molar-refractivity contribution in [1.82, 2.24) is 9.31 Å². The predicted octanol–water partition coefficient (Wildman–Crippen LogP) is 2.21. The number of hydrogen-bond donors (Lipinski definition) is 1. The van der Waals surface area contributed by atoms with Gasteiger partial charge in [-0.05, 0) is 37.1 Å². The molecule has 1 aromatic carbocycles. The van der Waals surface area contributed by atoms with Gasteiger partial charge in [-0.15, -0.1) is 0 Å². The average molecular weight is 440 g/mol. The van der Waals surface area contributed by atoms with Gasteiger partial charge in [0.25, 0.3) is 5.72 Å². The number of alkyl halides is 3. The maximum Gasteiger partial charge on any atom is 0.438 e. The molecule has 1 aromatic rings. The van der Waals surface area contributed by atoms with Gasteiger partial charge in [0.1, 0.15) is 0 Å². The van der Waals surface area contributed by atoms with E-state index >= 15 is 0 Å². The molecule has 0 aliphatic carbocycles. The van der Waals surface area contributed by atoms with Gasteiger partial charge in [-0.1, -0.05) is 11.6 Å². The largest absolute Gasteiger partial charge is 0.438 e. The lowest BCUT2D eigenvalue weighted by Crippen LogP contribution is -2.58. The number of carbonyl (C=O) groups excluding carboxylic acids is 1. The number of hydrogen-bond acceptors (Lipinski definition) is 5. The van der Waals surface area contributed by atoms with Gasteiger partial charge in [0.05, 0.1) is 4.90 Å². The number of amides is 1. The number of carbonyl (C=O) groups is 1. The van der Waals surface area contributed by atoms with Gasteiger partial charge in [-0.25, -0.2) is 8.42 Å². The summed E-state index contributed by atoms with van der Waals surface area (Å²) in [6.45, 7) is -0.0767. The second-order valence-corrected chi connectivity index (χ2v) is 8.97. The fraction of sp³-hybridized carbons (Fsp3) is 0.500. The molecule has 12 heteroatoms. The first-order valence-electron chi connectivity index (χ1n) is 8.38. The Labute approximate surface area is 164 Å². The van der Waals surface area contributed by atoms with E-state index in [1.165, 1.54) is 28.6 Å². The lowest BCUT2D eigenvalue weighted by molar-refractivity contribution is -0.303. The molecular weight excluding hydrogens is 423 g/mol. The number of nitrogens with zero attached hydrogens (tertiary/aromatic N) is 3. The van der Waals surface area contributed by atoms with E-state index in [4.69, 9.17) is 11.6 Å². The van der Waals surface area contributed by atoms with Crippen molar-refractivity contribution in [2.75, 3.05) is 13.1 Å². The maximum atomic E-state index is 13.1. The normalized spacial score (nSPS) is 24.7. The molecule has 0 aromatic heterocycles. The summed E-state index contributed by atoms with van der Waals surface area (Å²) in [7, 11) is -3.80. The molecule has 1 atom stereocenters. The van der Waals surface area contributed by atoms with Gasteiger partial charge >= 0.3 is 6.18 Å². The number of piperidine rings is 1. The third-order valence-electron chi connectivity index (χ3n) is 4.84. The summed E-state index contributed by atoms with van der Waals surface area (Å²) in [6.07, 6.45) is -5.02. The molecule has 2 aliphatic rings. The molecule has 0 spiro atoms. The molecule has 1 amide bonds. The topological polar surface area (TPSA) is 90.3 Å². The molecule has 1 saturated heterocycles. The van der Waals surface area contributed by atoms with Crippen molar-refractivity contribution in [2.24, 2.45) is 11.0 Å². The van der Waals surface area contributed by atoms with Crippen molar-refractivity contribution in [1.29, 1.82) is 0 Å². The highest BCUT2D eigenvalue weighted by Gasteiger charge is 2.62. The van der Waals surface area contributed by atoms with Gasteiger partial charge in [0, 0.05) is 36.7 Å². The zero-order valence-electron chi connectivity index (χ0n) is 14.4. The van der Waals surface area contributed by atoms with Crippen LogP contribution >= 0.6 is 11.6 Å². The van der Waals surface area contributed by atoms with Gasteiger partial charge in [0.2, 0.25) is 15.9 Å². The Morgan fingerprint density at radius 2 is 1.79 bits per heavy atom. The molecular formula is C16H17ClF3N3O4S. The van der Waals surface area contributed by atoms with Gasteiger partial charge in [0.15, 0.2) is 0 Å². The molecule has 3 rings (SSSR count). The van der Waals surface area contributed by atoms with Crippen molar-refractivity contribution in [3.8, 4) is 0 Å². The van der Waals surface area contributed by atoms with Crippen LogP contribution in [0.15, 0.2) is 34.3 Å². The Morgan fingerprint density at radius 1 is 1.21 bits per heavy atom. The first-order chi connectivity index (χ1) is 13.0. The van der Waals surface area contributed by atoms with E-state index in [1.807, 2.05) is 0 Å². The van der Waals surface area contributed by atoms with Crippen LogP contribution in [0.5, 0.6) is 0 Å². The van der Waals surface area contributed by atoms with E-state index in [-0.39, 0.29) is 35.8 Å². The van der Waals surface area contributed by atoms with E-state index in [9.17, 15) is 31.5 Å². The van der Waals surface area contributed by atoms with E-state index in [2.05, 4.69) is 5.10 Å². The molecule has 0 saturated carbocycles. The van der Waals surface area contributed by atoms with Crippen LogP contribution in [0.4, 0.5) is 13.2 Å². The summed E-state index contributed by atoms with van der Waals surface area (Å²) in [6, 6.07) is 5.59. The van der Waals surface area contributed by atoms with Crippen LogP contribution in [0, 0.1) is 5.92 Å². The summed E-state index contributed by atoms with van der Waals surface area (Å²) >= 11 is 5.76. The predicted molar refractivity (Wildman–Crippen MR) is 93.9 cm³/mol. The Balaban J connectivity index is 1.69. The summed E-state index contributed by atoms with van der Waals surface area (Å²) in [5.74, 6) is -1.85. The molecule has 0 unspecified atom stereocenters. The summed E-state index contributed by atoms with van der Waals surface area (Å²) in [5.41, 5.74) is -3.36. The Hall–Kier alpha value is -1.69. The van der Waals surface area contributed by atoms with Crippen molar-refractivity contribution in [3.63, 3.8) is 0 Å². The number of hydrazone groups is 1. The van der Waals surface area contributed by atoms with E-state index < -0.39 is 40.2 Å². The van der Waals surface area contributed by atoms with Crippen LogP contribution in [0.3, 0.4) is 0 Å². The third-order valence-corrected chi connectivity index (χ3v) is 7.01. The first-order valence-corrected chi connectivity index (χ1v) is 10.2. The zero-order chi connectivity index (χ0) is 20.7. The van der Waals surface area contributed by atoms with Crippen LogP contribution in [-0.4, -0.2) is 60.0 Å². The lowest BCUT2D eigenvalue weighted by atomic mass is 9.96. The smallest absolute Gasteiger partial charge is 0.362 e. The van der Waals surface area contributed by atoms with Gasteiger partial charge in [-0.2, -0.15) is 27.6 Å². The van der Waals surface area contributed by atoms with Gasteiger partial charge < -0.3 is 5.11 Å². The van der Waals surface area contributed by atoms with Crippen molar-refractivity contribution in [3.05, 3.63) is 29.3 Å². The molecule has 2 aliphatic heterocycles. The summed E-state index contributed by atoms with van der Waals surface area (Å²) < 4.78 is 65.9. The first kappa shape index (κ1) is 21.0. The van der Waals surface area contributed by atoms with E-state index in [1.54, 1.807) is 0 Å². The average Bonchev–Trinajstić information content (AvgIpc) is 3.04. The molecule has 2 heterocycles. The highest BCUT2D eigenvalue weighted by atomic mass is 35.5. The third kappa shape index (κ3) is 3.63. The molecule has 28 heavy (non-hydrogen) atoms. The van der Waals surface area contributed by atoms with Crippen molar-refractivity contribution >= 4 is 33.7 Å². The standard InChI is InChI=1S/C16H17ClF3N3O4S/c17-12-1-3-13(4-2-12)28(26,27)22-9-5-11(6-10-22)14(24)23-15(25,7-8-21-23)16(18,19)20/h1-4,8,11,25H,5-7,9-10H2/t15-/m0/s1. The number of aliphatic hydroxyl groups is 1. The minimum Gasteiger partial charge on any atom is -0.362 e. The molecule has 0 radical (unpaired) electrons. The molecule has 1 fully saturated rings. The van der Waals surface area contributed by atoms with Gasteiger partial charge in [-0.3, -0.25) is 4.79 Å². The number of rotatable bonds is 3. The maximum absolute atomic E-state index is 13.1. The van der Waals surface area contributed by atoms with Crippen LogP contribution in [0.1, 0.15) is 19.3 Å². The van der Waals surface area contributed by atoms with Crippen LogP contribution in [0.25, 0.3) is 0 Å². The fourth-order valence-corrected chi connectivity index (χ4v) is 4.77. The minimum absolute atomic E-state index is 0.0195. The Morgan fingerprint density at radius 3 is 2.32 bits per heavy atom. The Kier molecular flexibility index (Phi) is 5.47. The van der Waals surface area contributed by atoms with Crippen molar-refractivity contribution in [2.45, 2.75) is 36.1 Å². The Bertz CT molecular complexity index is 883. The van der Waals surface area contributed by atoms with Crippen molar-refractivity contribution < 1.29 is 31.5 Å². The quantitative estimate of drug-likeness (QED) is 0.781. The van der Waals surface area contributed by atoms with Crippen LogP contribution in [0.2, 0.25) is 5.02 Å². The number of benzene rings is 1. The van der Waals surface area contributed by atoms with Crippen LogP contribution in [-0.2, 0) is 14.8 Å². The monoisotopic (exact) mass is 439 g/mol. The highest BCUT2D eigenvalue weighted by Crippen LogP contribution is 2.40. The number of halogens is 4.